The molecule has 0 nitrogen and oxygen atoms in total. The fourth-order valence-corrected chi connectivity index (χ4v) is 2.70. The van der Waals surface area contributed by atoms with E-state index in [1.807, 2.05) is 0 Å². The second-order valence-electron chi connectivity index (χ2n) is 5.49. The molecular weight excluding hydrogens is 261 g/mol. The van der Waals surface area contributed by atoms with Gasteiger partial charge in [0.25, 0.3) is 0 Å². The molecule has 2 aromatic carbocycles. The van der Waals surface area contributed by atoms with Crippen LogP contribution in [0, 0.1) is 31.3 Å². The smallest absolute Gasteiger partial charge is 0.133 e. The second-order valence-corrected chi connectivity index (χ2v) is 5.49. The lowest BCUT2D eigenvalue weighted by molar-refractivity contribution is 0.574. The maximum Gasteiger partial charge on any atom is 0.133 e. The predicted molar refractivity (Wildman–Crippen MR) is 73.2 cm³/mol. The van der Waals surface area contributed by atoms with E-state index in [0.717, 1.165) is 24.5 Å². The van der Waals surface area contributed by atoms with Gasteiger partial charge in [0.15, 0.2) is 0 Å². The molecule has 0 heterocycles. The SMILES string of the molecule is Cc1ccc(F)c(C)c1-c1cc(C2CC2)c(F)cc1F. The lowest BCUT2D eigenvalue weighted by Gasteiger charge is -2.14. The van der Waals surface area contributed by atoms with E-state index in [-0.39, 0.29) is 11.7 Å². The number of benzene rings is 2. The molecule has 20 heavy (non-hydrogen) atoms. The Morgan fingerprint density at radius 2 is 1.60 bits per heavy atom. The topological polar surface area (TPSA) is 0 Å². The molecule has 104 valence electrons. The molecule has 3 heteroatoms. The quantitative estimate of drug-likeness (QED) is 0.701. The van der Waals surface area contributed by atoms with Crippen LogP contribution in [0.3, 0.4) is 0 Å². The van der Waals surface area contributed by atoms with E-state index in [4.69, 9.17) is 0 Å². The zero-order chi connectivity index (χ0) is 14.4. The summed E-state index contributed by atoms with van der Waals surface area (Å²) in [6, 6.07) is 5.47. The maximum atomic E-state index is 14.1. The van der Waals surface area contributed by atoms with Gasteiger partial charge in [-0.25, -0.2) is 13.2 Å². The van der Waals surface area contributed by atoms with E-state index in [1.165, 1.54) is 6.07 Å². The van der Waals surface area contributed by atoms with Crippen molar-refractivity contribution in [3.8, 4) is 11.1 Å². The van der Waals surface area contributed by atoms with Crippen LogP contribution in [0.2, 0.25) is 0 Å². The summed E-state index contributed by atoms with van der Waals surface area (Å²) in [5, 5.41) is 0. The highest BCUT2D eigenvalue weighted by Crippen LogP contribution is 2.43. The fourth-order valence-electron chi connectivity index (χ4n) is 2.70. The third kappa shape index (κ3) is 2.11. The van der Waals surface area contributed by atoms with Gasteiger partial charge in [-0.2, -0.15) is 0 Å². The summed E-state index contributed by atoms with van der Waals surface area (Å²) in [6.07, 6.45) is 1.87. The van der Waals surface area contributed by atoms with Crippen molar-refractivity contribution in [1.82, 2.24) is 0 Å². The van der Waals surface area contributed by atoms with Gasteiger partial charge in [0, 0.05) is 11.6 Å². The average molecular weight is 276 g/mol. The summed E-state index contributed by atoms with van der Waals surface area (Å²) < 4.78 is 41.7. The third-order valence-electron chi connectivity index (χ3n) is 3.98. The van der Waals surface area contributed by atoms with E-state index in [2.05, 4.69) is 0 Å². The maximum absolute atomic E-state index is 14.1. The van der Waals surface area contributed by atoms with Crippen LogP contribution in [-0.2, 0) is 0 Å². The normalized spacial score (nSPS) is 14.7. The van der Waals surface area contributed by atoms with E-state index in [1.54, 1.807) is 26.0 Å². The molecule has 1 aliphatic rings. The van der Waals surface area contributed by atoms with E-state index in [9.17, 15) is 13.2 Å². The molecule has 0 aromatic heterocycles. The summed E-state index contributed by atoms with van der Waals surface area (Å²) in [4.78, 5) is 0. The monoisotopic (exact) mass is 276 g/mol. The van der Waals surface area contributed by atoms with Crippen molar-refractivity contribution < 1.29 is 13.2 Å². The van der Waals surface area contributed by atoms with Crippen molar-refractivity contribution in [2.75, 3.05) is 0 Å². The van der Waals surface area contributed by atoms with Crippen LogP contribution in [0.25, 0.3) is 11.1 Å². The largest absolute Gasteiger partial charge is 0.207 e. The van der Waals surface area contributed by atoms with Crippen LogP contribution < -0.4 is 0 Å². The lowest BCUT2D eigenvalue weighted by Crippen LogP contribution is -1.98. The zero-order valence-corrected chi connectivity index (χ0v) is 11.4. The molecule has 0 N–H and O–H groups in total. The van der Waals surface area contributed by atoms with Crippen molar-refractivity contribution >= 4 is 0 Å². The first kappa shape index (κ1) is 13.2. The number of hydrogen-bond donors (Lipinski definition) is 0. The molecule has 0 unspecified atom stereocenters. The van der Waals surface area contributed by atoms with Crippen LogP contribution in [0.4, 0.5) is 13.2 Å². The first-order valence-corrected chi connectivity index (χ1v) is 6.74. The van der Waals surface area contributed by atoms with Crippen LogP contribution >= 0.6 is 0 Å². The molecule has 1 saturated carbocycles. The number of hydrogen-bond acceptors (Lipinski definition) is 0. The molecule has 1 aliphatic carbocycles. The van der Waals surface area contributed by atoms with Gasteiger partial charge in [-0.1, -0.05) is 6.07 Å². The summed E-state index contributed by atoms with van der Waals surface area (Å²) in [5.74, 6) is -1.32. The molecule has 0 aliphatic heterocycles. The second kappa shape index (κ2) is 4.65. The summed E-state index contributed by atoms with van der Waals surface area (Å²) in [7, 11) is 0. The Labute approximate surface area is 116 Å². The highest BCUT2D eigenvalue weighted by Gasteiger charge is 2.28. The average Bonchev–Trinajstić information content (AvgIpc) is 3.21. The minimum Gasteiger partial charge on any atom is -0.207 e. The van der Waals surface area contributed by atoms with Gasteiger partial charge >= 0.3 is 0 Å². The number of halogens is 3. The van der Waals surface area contributed by atoms with Gasteiger partial charge in [-0.05, 0) is 67.0 Å². The van der Waals surface area contributed by atoms with Crippen LogP contribution in [-0.4, -0.2) is 0 Å². The van der Waals surface area contributed by atoms with Gasteiger partial charge in [-0.15, -0.1) is 0 Å². The number of rotatable bonds is 2. The van der Waals surface area contributed by atoms with Gasteiger partial charge in [0.2, 0.25) is 0 Å². The lowest BCUT2D eigenvalue weighted by atomic mass is 9.93. The van der Waals surface area contributed by atoms with Crippen molar-refractivity contribution in [3.63, 3.8) is 0 Å². The van der Waals surface area contributed by atoms with E-state index in [0.29, 0.717) is 22.3 Å². The van der Waals surface area contributed by atoms with E-state index < -0.39 is 11.6 Å². The first-order valence-electron chi connectivity index (χ1n) is 6.74. The standard InChI is InChI=1S/C17H15F3/c1-9-3-6-14(18)10(2)17(9)13-7-12(11-4-5-11)15(19)8-16(13)20/h3,6-8,11H,4-5H2,1-2H3. The molecule has 0 bridgehead atoms. The summed E-state index contributed by atoms with van der Waals surface area (Å²) in [5.41, 5.74) is 2.56. The Morgan fingerprint density at radius 3 is 2.25 bits per heavy atom. The van der Waals surface area contributed by atoms with Crippen molar-refractivity contribution in [1.29, 1.82) is 0 Å². The van der Waals surface area contributed by atoms with Crippen molar-refractivity contribution in [2.24, 2.45) is 0 Å². The molecule has 0 amide bonds. The first-order chi connectivity index (χ1) is 9.49. The Hall–Kier alpha value is -1.77. The minimum absolute atomic E-state index is 0.184. The highest BCUT2D eigenvalue weighted by molar-refractivity contribution is 5.72. The Bertz CT molecular complexity index is 685. The third-order valence-corrected chi connectivity index (χ3v) is 3.98. The predicted octanol–water partition coefficient (Wildman–Crippen LogP) is 5.27. The Kier molecular flexibility index (Phi) is 3.08. The van der Waals surface area contributed by atoms with Gasteiger partial charge in [-0.3, -0.25) is 0 Å². The molecule has 0 atom stereocenters. The van der Waals surface area contributed by atoms with Crippen molar-refractivity contribution in [3.05, 3.63) is 58.4 Å². The molecule has 1 fully saturated rings. The molecule has 3 rings (SSSR count). The highest BCUT2D eigenvalue weighted by atomic mass is 19.1. The summed E-state index contributed by atoms with van der Waals surface area (Å²) in [6.45, 7) is 3.43. The summed E-state index contributed by atoms with van der Waals surface area (Å²) >= 11 is 0. The molecule has 0 radical (unpaired) electrons. The zero-order valence-electron chi connectivity index (χ0n) is 11.4. The molecule has 0 saturated heterocycles. The Balaban J connectivity index is 2.24. The molecular formula is C17H15F3. The van der Waals surface area contributed by atoms with Gasteiger partial charge in [0.1, 0.15) is 17.5 Å². The van der Waals surface area contributed by atoms with Gasteiger partial charge in [0.05, 0.1) is 0 Å². The fraction of sp³-hybridized carbons (Fsp3) is 0.294. The molecule has 2 aromatic rings. The Morgan fingerprint density at radius 1 is 0.900 bits per heavy atom. The van der Waals surface area contributed by atoms with Crippen molar-refractivity contribution in [2.45, 2.75) is 32.6 Å². The minimum atomic E-state index is -0.635. The van der Waals surface area contributed by atoms with Gasteiger partial charge < -0.3 is 0 Å². The van der Waals surface area contributed by atoms with Crippen LogP contribution in [0.5, 0.6) is 0 Å². The van der Waals surface area contributed by atoms with Crippen LogP contribution in [0.1, 0.15) is 35.4 Å². The number of aryl methyl sites for hydroxylation is 1. The van der Waals surface area contributed by atoms with Crippen LogP contribution in [0.15, 0.2) is 24.3 Å². The molecule has 0 spiro atoms. The van der Waals surface area contributed by atoms with E-state index >= 15 is 0 Å².